The molecule has 10 heteroatoms. The monoisotopic (exact) mass is 1050 g/mol. The lowest BCUT2D eigenvalue weighted by molar-refractivity contribution is 0.434. The lowest BCUT2D eigenvalue weighted by atomic mass is 10.0. The summed E-state index contributed by atoms with van der Waals surface area (Å²) in [6.07, 6.45) is 25.3. The quantitative estimate of drug-likeness (QED) is 0.0260. The molecule has 7 rings (SSSR count). The van der Waals surface area contributed by atoms with E-state index < -0.39 is 0 Å². The third kappa shape index (κ3) is 25.8. The maximum Gasteiger partial charge on any atom is 0.127 e. The molecule has 0 amide bonds. The van der Waals surface area contributed by atoms with E-state index in [1.54, 1.807) is 84.9 Å². The second-order valence-electron chi connectivity index (χ2n) is 19.4. The lowest BCUT2D eigenvalue weighted by Crippen LogP contribution is -1.89. The Morgan fingerprint density at radius 2 is 0.571 bits per heavy atom. The van der Waals surface area contributed by atoms with Crippen LogP contribution in [0.3, 0.4) is 0 Å². The number of phenols is 10. The molecule has 416 valence electrons. The summed E-state index contributed by atoms with van der Waals surface area (Å²) < 4.78 is 0. The summed E-state index contributed by atoms with van der Waals surface area (Å²) in [5.74, 6) is 1.63. The Morgan fingerprint density at radius 3 is 0.948 bits per heavy atom. The molecule has 0 radical (unpaired) electrons. The fourth-order valence-corrected chi connectivity index (χ4v) is 8.69. The van der Waals surface area contributed by atoms with Crippen LogP contribution < -0.4 is 0 Å². The summed E-state index contributed by atoms with van der Waals surface area (Å²) >= 11 is 0. The van der Waals surface area contributed by atoms with Crippen molar-refractivity contribution < 1.29 is 51.1 Å². The van der Waals surface area contributed by atoms with Gasteiger partial charge in [0.25, 0.3) is 0 Å². The summed E-state index contributed by atoms with van der Waals surface area (Å²) in [5, 5.41) is 95.2. The molecule has 7 aromatic carbocycles. The van der Waals surface area contributed by atoms with Gasteiger partial charge in [-0.25, -0.2) is 0 Å². The zero-order chi connectivity index (χ0) is 56.0. The largest absolute Gasteiger partial charge is 0.508 e. The molecule has 7 aromatic rings. The molecule has 10 nitrogen and oxygen atoms in total. The minimum Gasteiger partial charge on any atom is -0.508 e. The van der Waals surface area contributed by atoms with Crippen LogP contribution in [0.1, 0.15) is 164 Å². The van der Waals surface area contributed by atoms with E-state index in [0.717, 1.165) is 55.2 Å². The molecule has 0 fully saturated rings. The van der Waals surface area contributed by atoms with Gasteiger partial charge >= 0.3 is 0 Å². The number of unbranched alkanes of at least 4 members (excludes halogenated alkanes) is 15. The van der Waals surface area contributed by atoms with Crippen molar-refractivity contribution in [2.45, 2.75) is 162 Å². The molecule has 0 aliphatic carbocycles. The van der Waals surface area contributed by atoms with Crippen molar-refractivity contribution in [1.29, 1.82) is 0 Å². The van der Waals surface area contributed by atoms with Gasteiger partial charge in [-0.1, -0.05) is 202 Å². The predicted molar refractivity (Wildman–Crippen MR) is 315 cm³/mol. The van der Waals surface area contributed by atoms with E-state index in [-0.39, 0.29) is 57.5 Å². The van der Waals surface area contributed by atoms with E-state index in [9.17, 15) is 51.1 Å². The van der Waals surface area contributed by atoms with E-state index in [4.69, 9.17) is 0 Å². The second-order valence-corrected chi connectivity index (χ2v) is 19.4. The highest BCUT2D eigenvalue weighted by Crippen LogP contribution is 2.37. The van der Waals surface area contributed by atoms with Crippen LogP contribution in [-0.2, 0) is 25.7 Å². The van der Waals surface area contributed by atoms with Gasteiger partial charge in [-0.05, 0) is 116 Å². The van der Waals surface area contributed by atoms with Gasteiger partial charge in [-0.3, -0.25) is 0 Å². The Hall–Kier alpha value is -7.46. The Labute approximate surface area is 459 Å². The summed E-state index contributed by atoms with van der Waals surface area (Å²) in [7, 11) is 0. The summed E-state index contributed by atoms with van der Waals surface area (Å²) in [6, 6.07) is 43.2. The van der Waals surface area contributed by atoms with Crippen molar-refractivity contribution >= 4 is 0 Å². The normalized spacial score (nSPS) is 10.4. The molecule has 0 aromatic heterocycles. The molecule has 0 saturated heterocycles. The Kier molecular flexibility index (Phi) is 31.6. The van der Waals surface area contributed by atoms with Crippen molar-refractivity contribution in [1.82, 2.24) is 0 Å². The highest BCUT2D eigenvalue weighted by atomic mass is 16.3. The fraction of sp³-hybridized carbons (Fsp3) is 0.373. The molecule has 0 atom stereocenters. The first kappa shape index (κ1) is 63.8. The maximum atomic E-state index is 9.60. The van der Waals surface area contributed by atoms with Gasteiger partial charge in [0.05, 0.1) is 5.56 Å². The summed E-state index contributed by atoms with van der Waals surface area (Å²) in [6.45, 7) is 6.63. The number of aryl methyl sites for hydroxylation is 1. The highest BCUT2D eigenvalue weighted by molar-refractivity contribution is 5.75. The zero-order valence-corrected chi connectivity index (χ0v) is 46.0. The minimum atomic E-state index is 0.0937. The molecule has 0 spiro atoms. The summed E-state index contributed by atoms with van der Waals surface area (Å²) in [4.78, 5) is 0. The second kappa shape index (κ2) is 38.1. The summed E-state index contributed by atoms with van der Waals surface area (Å²) in [5.41, 5.74) is 5.33. The van der Waals surface area contributed by atoms with Crippen LogP contribution >= 0.6 is 0 Å². The minimum absolute atomic E-state index is 0.0937. The molecule has 0 bridgehead atoms. The van der Waals surface area contributed by atoms with Gasteiger partial charge in [0.2, 0.25) is 0 Å². The van der Waals surface area contributed by atoms with E-state index in [1.807, 2.05) is 60.7 Å². The number of rotatable bonds is 24. The lowest BCUT2D eigenvalue weighted by Gasteiger charge is -2.06. The van der Waals surface area contributed by atoms with Crippen molar-refractivity contribution in [3.63, 3.8) is 0 Å². The smallest absolute Gasteiger partial charge is 0.127 e. The van der Waals surface area contributed by atoms with Crippen LogP contribution in [-0.4, -0.2) is 51.1 Å². The number of benzene rings is 7. The highest BCUT2D eigenvalue weighted by Gasteiger charge is 2.10. The average molecular weight is 1050 g/mol. The average Bonchev–Trinajstić information content (AvgIpc) is 3.41. The zero-order valence-electron chi connectivity index (χ0n) is 46.0. The Balaban J connectivity index is 0.000000254. The first-order chi connectivity index (χ1) is 37.3. The third-order valence-corrected chi connectivity index (χ3v) is 13.0. The standard InChI is InChI=1S/C15H24O2.C14H22O2.C13H12O2.C13H20O2.C12H10O2/c1-2-3-4-5-6-7-8-10-13-14(16)11-9-12-15(13)17;1-2-3-4-5-6-7-8-12-9-13(15)11-14(16)10-12;14-12-7-4-8-13(15)11(12)9-10-5-2-1-3-6-10;1-2-3-4-5-6-8-11-12(14)9-7-10-13(11)15;13-10-7-4-8-11(14)12(10)9-5-2-1-3-6-9/h9,11-12,16-17H,2-8,10H2,1H3;9-11,15-16H,2-8H2,1H3;1-8,14-15H,9H2;7,9-10,14-15H,2-6,8H2,1H3;1-8,13-14H. The third-order valence-electron chi connectivity index (χ3n) is 13.0. The van der Waals surface area contributed by atoms with E-state index >= 15 is 0 Å². The maximum absolute atomic E-state index is 9.60. The van der Waals surface area contributed by atoms with Crippen LogP contribution in [0.5, 0.6) is 57.5 Å². The van der Waals surface area contributed by atoms with E-state index in [2.05, 4.69) is 20.8 Å². The number of phenolic OH excluding ortho intramolecular Hbond substituents is 10. The van der Waals surface area contributed by atoms with E-state index in [1.165, 1.54) is 102 Å². The molecule has 77 heavy (non-hydrogen) atoms. The predicted octanol–water partition coefficient (Wildman–Crippen LogP) is 17.5. The van der Waals surface area contributed by atoms with Gasteiger partial charge < -0.3 is 51.1 Å². The fourth-order valence-electron chi connectivity index (χ4n) is 8.69. The first-order valence-corrected chi connectivity index (χ1v) is 27.9. The first-order valence-electron chi connectivity index (χ1n) is 27.9. The van der Waals surface area contributed by atoms with Crippen LogP contribution in [0.2, 0.25) is 0 Å². The Bertz CT molecular complexity index is 2550. The molecule has 0 heterocycles. The molecule has 10 N–H and O–H groups in total. The topological polar surface area (TPSA) is 202 Å². The van der Waals surface area contributed by atoms with Gasteiger partial charge in [-0.15, -0.1) is 0 Å². The van der Waals surface area contributed by atoms with Crippen LogP contribution in [0.15, 0.2) is 152 Å². The van der Waals surface area contributed by atoms with Crippen LogP contribution in [0.4, 0.5) is 0 Å². The molecule has 0 aliphatic rings. The van der Waals surface area contributed by atoms with Crippen LogP contribution in [0.25, 0.3) is 11.1 Å². The number of hydrogen-bond acceptors (Lipinski definition) is 10. The van der Waals surface area contributed by atoms with Crippen molar-refractivity contribution in [3.05, 3.63) is 179 Å². The molecular weight excluding hydrogens is 965 g/mol. The number of aromatic hydroxyl groups is 10. The van der Waals surface area contributed by atoms with Gasteiger partial charge in [0.15, 0.2) is 0 Å². The van der Waals surface area contributed by atoms with Crippen molar-refractivity contribution in [2.75, 3.05) is 0 Å². The van der Waals surface area contributed by atoms with Crippen molar-refractivity contribution in [3.8, 4) is 68.6 Å². The molecule has 0 saturated carbocycles. The van der Waals surface area contributed by atoms with Crippen molar-refractivity contribution in [2.24, 2.45) is 0 Å². The molecular formula is C67H88O10. The van der Waals surface area contributed by atoms with Gasteiger partial charge in [0, 0.05) is 29.2 Å². The van der Waals surface area contributed by atoms with E-state index in [0.29, 0.717) is 28.7 Å². The molecule has 0 aliphatic heterocycles. The van der Waals surface area contributed by atoms with Gasteiger partial charge in [-0.2, -0.15) is 0 Å². The van der Waals surface area contributed by atoms with Crippen LogP contribution in [0, 0.1) is 0 Å². The number of hydrogen-bond donors (Lipinski definition) is 10. The Morgan fingerprint density at radius 1 is 0.260 bits per heavy atom. The SMILES string of the molecule is CCCCCCCCCc1c(O)cccc1O.CCCCCCCCc1cc(O)cc(O)c1.CCCCCCCc1c(O)cccc1O.Oc1cccc(O)c1-c1ccccc1.Oc1cccc(O)c1Cc1ccccc1. The molecule has 0 unspecified atom stereocenters. The van der Waals surface area contributed by atoms with Gasteiger partial charge in [0.1, 0.15) is 57.5 Å².